The van der Waals surface area contributed by atoms with Crippen molar-refractivity contribution < 1.29 is 24.2 Å². The average molecular weight is 502 g/mol. The topological polar surface area (TPSA) is 84.9 Å². The first-order valence-electron chi connectivity index (χ1n) is 10.2. The summed E-state index contributed by atoms with van der Waals surface area (Å²) in [6, 6.07) is 11.5. The normalized spacial score (nSPS) is 16.1. The van der Waals surface area contributed by atoms with Gasteiger partial charge in [0.25, 0.3) is 5.91 Å². The van der Waals surface area contributed by atoms with E-state index < -0.39 is 17.9 Å². The molecule has 2 N–H and O–H groups in total. The van der Waals surface area contributed by atoms with E-state index in [1.165, 1.54) is 12.1 Å². The van der Waals surface area contributed by atoms with E-state index in [1.54, 1.807) is 19.3 Å². The standard InChI is InChI=1S/C24H25Cl2NO5.Na.H/c1-31-24(12-14-32-15-13-24)17-10-8-16(9-11-17)4-2-7-20(23(29)30)27-22(28)21-18(25)5-3-6-19(21)26;;/h2-6,8-11,20H,7,12-15H2,1H3,(H,27,28)(H,29,30);;/b4-2+;;/t20-;;/m0../s1. The van der Waals surface area contributed by atoms with Crippen molar-refractivity contribution in [3.8, 4) is 0 Å². The number of hydrogen-bond donors (Lipinski definition) is 2. The third-order valence-electron chi connectivity index (χ3n) is 5.60. The predicted octanol–water partition coefficient (Wildman–Crippen LogP) is 4.28. The molecule has 6 nitrogen and oxygen atoms in total. The number of rotatable bonds is 8. The van der Waals surface area contributed by atoms with Crippen molar-refractivity contribution in [1.29, 1.82) is 0 Å². The van der Waals surface area contributed by atoms with Crippen LogP contribution in [-0.4, -0.2) is 72.9 Å². The van der Waals surface area contributed by atoms with Crippen LogP contribution in [0.1, 0.15) is 40.7 Å². The van der Waals surface area contributed by atoms with Crippen molar-refractivity contribution in [2.24, 2.45) is 0 Å². The summed E-state index contributed by atoms with van der Waals surface area (Å²) in [4.78, 5) is 24.1. The van der Waals surface area contributed by atoms with E-state index in [0.29, 0.717) is 13.2 Å². The average Bonchev–Trinajstić information content (AvgIpc) is 2.79. The first kappa shape index (κ1) is 27.9. The predicted molar refractivity (Wildman–Crippen MR) is 131 cm³/mol. The number of aliphatic carboxylic acids is 1. The van der Waals surface area contributed by atoms with Crippen LogP contribution in [0.3, 0.4) is 0 Å². The Labute approximate surface area is 225 Å². The number of nitrogens with one attached hydrogen (secondary N) is 1. The number of ether oxygens (including phenoxy) is 2. The van der Waals surface area contributed by atoms with Gasteiger partial charge >= 0.3 is 35.5 Å². The molecule has 1 amide bonds. The van der Waals surface area contributed by atoms with Crippen LogP contribution < -0.4 is 5.32 Å². The molecule has 0 saturated carbocycles. The summed E-state index contributed by atoms with van der Waals surface area (Å²) in [5.41, 5.74) is 1.73. The van der Waals surface area contributed by atoms with E-state index in [2.05, 4.69) is 5.32 Å². The Morgan fingerprint density at radius 2 is 1.76 bits per heavy atom. The van der Waals surface area contributed by atoms with Gasteiger partial charge < -0.3 is 19.9 Å². The summed E-state index contributed by atoms with van der Waals surface area (Å²) in [5, 5.41) is 12.3. The van der Waals surface area contributed by atoms with Gasteiger partial charge in [0.2, 0.25) is 0 Å². The maximum atomic E-state index is 12.5. The Morgan fingerprint density at radius 1 is 1.15 bits per heavy atom. The van der Waals surface area contributed by atoms with Gasteiger partial charge in [0.05, 0.1) is 21.2 Å². The second-order valence-corrected chi connectivity index (χ2v) is 8.35. The molecular weight excluding hydrogens is 476 g/mol. The Kier molecular flexibility index (Phi) is 10.9. The minimum atomic E-state index is -1.15. The third kappa shape index (κ3) is 7.06. The van der Waals surface area contributed by atoms with Gasteiger partial charge in [0.15, 0.2) is 0 Å². The number of amides is 1. The molecule has 0 unspecified atom stereocenters. The second-order valence-electron chi connectivity index (χ2n) is 7.53. The first-order valence-corrected chi connectivity index (χ1v) is 11.0. The van der Waals surface area contributed by atoms with Crippen molar-refractivity contribution in [2.75, 3.05) is 20.3 Å². The van der Waals surface area contributed by atoms with E-state index in [1.807, 2.05) is 30.3 Å². The van der Waals surface area contributed by atoms with Crippen molar-refractivity contribution in [3.05, 3.63) is 75.3 Å². The fraction of sp³-hybridized carbons (Fsp3) is 0.333. The summed E-state index contributed by atoms with van der Waals surface area (Å²) in [6.45, 7) is 1.33. The fourth-order valence-corrected chi connectivity index (χ4v) is 4.29. The Bertz CT molecular complexity index is 971. The van der Waals surface area contributed by atoms with Crippen molar-refractivity contribution >= 4 is 70.7 Å². The summed E-state index contributed by atoms with van der Waals surface area (Å²) < 4.78 is 11.3. The molecule has 172 valence electrons. The van der Waals surface area contributed by atoms with Crippen LogP contribution >= 0.6 is 23.2 Å². The van der Waals surface area contributed by atoms with Crippen LogP contribution in [0.15, 0.2) is 48.5 Å². The molecule has 1 atom stereocenters. The van der Waals surface area contributed by atoms with Crippen LogP contribution in [0, 0.1) is 0 Å². The zero-order valence-electron chi connectivity index (χ0n) is 17.6. The van der Waals surface area contributed by atoms with E-state index in [-0.39, 0.29) is 57.2 Å². The SMILES string of the molecule is COC1(c2ccc(/C=C/C[C@H](NC(=O)c3c(Cl)cccc3Cl)C(=O)O)cc2)CCOCC1.[NaH]. The van der Waals surface area contributed by atoms with Gasteiger partial charge in [0, 0.05) is 33.2 Å². The molecule has 0 aromatic heterocycles. The van der Waals surface area contributed by atoms with Gasteiger partial charge in [-0.05, 0) is 29.7 Å². The van der Waals surface area contributed by atoms with Crippen LogP contribution in [0.5, 0.6) is 0 Å². The van der Waals surface area contributed by atoms with Crippen LogP contribution in [0.4, 0.5) is 0 Å². The molecule has 0 spiro atoms. The van der Waals surface area contributed by atoms with Gasteiger partial charge in [-0.25, -0.2) is 4.79 Å². The molecule has 33 heavy (non-hydrogen) atoms. The second kappa shape index (κ2) is 12.9. The molecule has 1 heterocycles. The van der Waals surface area contributed by atoms with Crippen molar-refractivity contribution in [1.82, 2.24) is 5.32 Å². The van der Waals surface area contributed by atoms with Gasteiger partial charge in [-0.2, -0.15) is 0 Å². The zero-order valence-corrected chi connectivity index (χ0v) is 19.2. The molecule has 1 aliphatic heterocycles. The number of hydrogen-bond acceptors (Lipinski definition) is 4. The minimum absolute atomic E-state index is 0. The molecule has 2 aromatic rings. The molecule has 0 bridgehead atoms. The van der Waals surface area contributed by atoms with Crippen LogP contribution in [0.25, 0.3) is 6.08 Å². The van der Waals surface area contributed by atoms with Crippen molar-refractivity contribution in [3.63, 3.8) is 0 Å². The summed E-state index contributed by atoms with van der Waals surface area (Å²) in [5.74, 6) is -1.78. The number of benzene rings is 2. The van der Waals surface area contributed by atoms with E-state index in [0.717, 1.165) is 24.0 Å². The molecular formula is C24H26Cl2NNaO5. The molecule has 1 fully saturated rings. The first-order chi connectivity index (χ1) is 15.4. The quantitative estimate of drug-likeness (QED) is 0.527. The number of carbonyl (C=O) groups is 2. The summed E-state index contributed by atoms with van der Waals surface area (Å²) >= 11 is 12.1. The van der Waals surface area contributed by atoms with Gasteiger partial charge in [0.1, 0.15) is 6.04 Å². The molecule has 1 aliphatic rings. The maximum absolute atomic E-state index is 12.5. The number of carboxylic acids is 1. The summed E-state index contributed by atoms with van der Waals surface area (Å²) in [6.07, 6.45) is 5.23. The Hall–Kier alpha value is -1.38. The molecule has 2 aromatic carbocycles. The Balaban J connectivity index is 0.00000385. The molecule has 1 saturated heterocycles. The molecule has 0 radical (unpaired) electrons. The van der Waals surface area contributed by atoms with E-state index in [9.17, 15) is 14.7 Å². The van der Waals surface area contributed by atoms with E-state index in [4.69, 9.17) is 32.7 Å². The van der Waals surface area contributed by atoms with Crippen LogP contribution in [0.2, 0.25) is 10.0 Å². The van der Waals surface area contributed by atoms with Gasteiger partial charge in [-0.3, -0.25) is 4.79 Å². The molecule has 9 heteroatoms. The number of halogens is 2. The van der Waals surface area contributed by atoms with Gasteiger partial charge in [-0.1, -0.05) is 65.7 Å². The fourth-order valence-electron chi connectivity index (χ4n) is 3.72. The van der Waals surface area contributed by atoms with Crippen molar-refractivity contribution in [2.45, 2.75) is 30.9 Å². The summed E-state index contributed by atoms with van der Waals surface area (Å²) in [7, 11) is 1.72. The van der Waals surface area contributed by atoms with Gasteiger partial charge in [-0.15, -0.1) is 0 Å². The Morgan fingerprint density at radius 3 is 2.30 bits per heavy atom. The van der Waals surface area contributed by atoms with E-state index >= 15 is 0 Å². The monoisotopic (exact) mass is 501 g/mol. The molecule has 3 rings (SSSR count). The van der Waals surface area contributed by atoms with Crippen LogP contribution in [-0.2, 0) is 19.9 Å². The number of carboxylic acid groups (broad SMARTS) is 1. The number of methoxy groups -OCH3 is 1. The zero-order chi connectivity index (χ0) is 23.1. The molecule has 0 aliphatic carbocycles. The third-order valence-corrected chi connectivity index (χ3v) is 6.23. The number of carbonyl (C=O) groups excluding carboxylic acids is 1.